The number of rotatable bonds is 4. The fraction of sp³-hybridized carbons (Fsp3) is 0.368. The Morgan fingerprint density at radius 3 is 2.08 bits per heavy atom. The van der Waals surface area contributed by atoms with E-state index in [1.807, 2.05) is 30.3 Å². The van der Waals surface area contributed by atoms with E-state index in [1.54, 1.807) is 0 Å². The number of halogens is 2. The monoisotopic (exact) mass is 379 g/mol. The first-order valence-corrected chi connectivity index (χ1v) is 9.13. The number of furan rings is 1. The normalized spacial score (nSPS) is 11.0. The van der Waals surface area contributed by atoms with Crippen LogP contribution in [-0.2, 0) is 0 Å². The van der Waals surface area contributed by atoms with Gasteiger partial charge in [0.2, 0.25) is 0 Å². The maximum absolute atomic E-state index is 5.82. The summed E-state index contributed by atoms with van der Waals surface area (Å²) in [4.78, 5) is 10.6. The van der Waals surface area contributed by atoms with E-state index >= 15 is 0 Å². The second kappa shape index (κ2) is 9.18. The van der Waals surface area contributed by atoms with Crippen molar-refractivity contribution in [1.29, 1.82) is 0 Å². The van der Waals surface area contributed by atoms with Crippen LogP contribution in [0.2, 0.25) is 10.3 Å². The van der Waals surface area contributed by atoms with Gasteiger partial charge in [-0.3, -0.25) is 0 Å². The number of hydrogen-bond donors (Lipinski definition) is 0. The second-order valence-electron chi connectivity index (χ2n) is 5.80. The van der Waals surface area contributed by atoms with Crippen LogP contribution < -0.4 is 0 Å². The number of fused-ring (bicyclic) bond motifs is 1. The van der Waals surface area contributed by atoms with E-state index in [0.29, 0.717) is 27.9 Å². The third kappa shape index (κ3) is 5.43. The molecule has 0 saturated carbocycles. The van der Waals surface area contributed by atoms with E-state index in [2.05, 4.69) is 42.6 Å². The molecule has 0 aliphatic carbocycles. The Morgan fingerprint density at radius 2 is 1.60 bits per heavy atom. The van der Waals surface area contributed by atoms with Crippen molar-refractivity contribution in [1.82, 2.24) is 14.9 Å². The first-order chi connectivity index (χ1) is 11.9. The number of nitrogens with zero attached hydrogens (tertiary/aromatic N) is 3. The summed E-state index contributed by atoms with van der Waals surface area (Å²) in [5, 5.41) is 1.57. The van der Waals surface area contributed by atoms with Crippen molar-refractivity contribution in [3.05, 3.63) is 46.7 Å². The molecule has 0 spiro atoms. The Bertz CT molecular complexity index is 760. The van der Waals surface area contributed by atoms with Gasteiger partial charge in [-0.25, -0.2) is 9.97 Å². The predicted molar refractivity (Wildman–Crippen MR) is 105 cm³/mol. The minimum atomic E-state index is 0.292. The molecule has 0 amide bonds. The average molecular weight is 380 g/mol. The van der Waals surface area contributed by atoms with Gasteiger partial charge in [-0.1, -0.05) is 55.2 Å². The first-order valence-electron chi connectivity index (χ1n) is 8.37. The summed E-state index contributed by atoms with van der Waals surface area (Å²) in [6.45, 7) is 11.2. The molecule has 0 radical (unpaired) electrons. The highest BCUT2D eigenvalue weighted by atomic mass is 35.5. The summed E-state index contributed by atoms with van der Waals surface area (Å²) in [5.74, 6) is 0.939. The largest absolute Gasteiger partial charge is 0.453 e. The van der Waals surface area contributed by atoms with Crippen molar-refractivity contribution in [2.45, 2.75) is 33.7 Å². The summed E-state index contributed by atoms with van der Waals surface area (Å²) in [5.41, 5.74) is 0.780. The molecule has 0 N–H and O–H groups in total. The zero-order chi connectivity index (χ0) is 18.4. The Hall–Kier alpha value is -1.62. The molecule has 25 heavy (non-hydrogen) atoms. The van der Waals surface area contributed by atoms with Gasteiger partial charge in [-0.05, 0) is 39.1 Å². The van der Waals surface area contributed by atoms with Gasteiger partial charge in [0.05, 0.1) is 0 Å². The summed E-state index contributed by atoms with van der Waals surface area (Å²) < 4.78 is 5.62. The molecule has 2 aromatic heterocycles. The predicted octanol–water partition coefficient (Wildman–Crippen LogP) is 5.93. The van der Waals surface area contributed by atoms with Crippen LogP contribution in [0.15, 0.2) is 40.8 Å². The van der Waals surface area contributed by atoms with E-state index in [4.69, 9.17) is 27.6 Å². The van der Waals surface area contributed by atoms with Gasteiger partial charge in [-0.15, -0.1) is 0 Å². The molecule has 3 aromatic rings. The second-order valence-corrected chi connectivity index (χ2v) is 6.57. The molecular formula is C19H23Cl2N3O. The first kappa shape index (κ1) is 19.7. The van der Waals surface area contributed by atoms with Crippen LogP contribution >= 0.6 is 23.2 Å². The van der Waals surface area contributed by atoms with Gasteiger partial charge in [-0.2, -0.15) is 0 Å². The van der Waals surface area contributed by atoms with Gasteiger partial charge in [0, 0.05) is 17.5 Å². The van der Waals surface area contributed by atoms with E-state index in [-0.39, 0.29) is 0 Å². The van der Waals surface area contributed by atoms with E-state index in [0.717, 1.165) is 11.0 Å². The molecule has 0 bridgehead atoms. The summed E-state index contributed by atoms with van der Waals surface area (Å²) in [7, 11) is 0. The minimum absolute atomic E-state index is 0.292. The Morgan fingerprint density at radius 1 is 1.00 bits per heavy atom. The highest BCUT2D eigenvalue weighted by molar-refractivity contribution is 6.33. The highest BCUT2D eigenvalue weighted by Gasteiger charge is 2.10. The van der Waals surface area contributed by atoms with Crippen molar-refractivity contribution in [2.24, 2.45) is 0 Å². The molecular weight excluding hydrogens is 357 g/mol. The van der Waals surface area contributed by atoms with Crippen LogP contribution in [0.1, 0.15) is 27.7 Å². The average Bonchev–Trinajstić information content (AvgIpc) is 2.99. The topological polar surface area (TPSA) is 42.2 Å². The lowest BCUT2D eigenvalue weighted by atomic mass is 10.2. The van der Waals surface area contributed by atoms with Crippen LogP contribution in [0.3, 0.4) is 0 Å². The Labute approximate surface area is 158 Å². The van der Waals surface area contributed by atoms with Crippen molar-refractivity contribution in [3.8, 4) is 11.6 Å². The molecule has 0 aliphatic heterocycles. The van der Waals surface area contributed by atoms with Crippen LogP contribution in [0.25, 0.3) is 22.6 Å². The van der Waals surface area contributed by atoms with Crippen LogP contribution in [0, 0.1) is 0 Å². The van der Waals surface area contributed by atoms with E-state index in [9.17, 15) is 0 Å². The van der Waals surface area contributed by atoms with Crippen LogP contribution in [0.5, 0.6) is 0 Å². The van der Waals surface area contributed by atoms with Crippen molar-refractivity contribution in [2.75, 3.05) is 13.1 Å². The number of para-hydroxylation sites is 1. The number of aromatic nitrogens is 2. The molecule has 2 heterocycles. The van der Waals surface area contributed by atoms with Crippen LogP contribution in [0.4, 0.5) is 0 Å². The van der Waals surface area contributed by atoms with Crippen molar-refractivity contribution < 1.29 is 4.42 Å². The van der Waals surface area contributed by atoms with Gasteiger partial charge in [0.1, 0.15) is 15.9 Å². The fourth-order valence-corrected chi connectivity index (χ4v) is 2.97. The zero-order valence-corrected chi connectivity index (χ0v) is 16.5. The zero-order valence-electron chi connectivity index (χ0n) is 15.0. The van der Waals surface area contributed by atoms with Crippen LogP contribution in [-0.4, -0.2) is 34.0 Å². The fourth-order valence-electron chi connectivity index (χ4n) is 2.55. The van der Waals surface area contributed by atoms with Gasteiger partial charge < -0.3 is 9.32 Å². The highest BCUT2D eigenvalue weighted by Crippen LogP contribution is 2.27. The van der Waals surface area contributed by atoms with Gasteiger partial charge >= 0.3 is 0 Å². The Kier molecular flexibility index (Phi) is 7.24. The van der Waals surface area contributed by atoms with E-state index < -0.39 is 0 Å². The summed E-state index contributed by atoms with van der Waals surface area (Å²) >= 11 is 11.6. The SMILES string of the molecule is CCN(CC)C(C)C.Clc1cc(Cl)nc(-c2cc3ccccc3o2)n1. The van der Waals surface area contributed by atoms with Gasteiger partial charge in [0.25, 0.3) is 0 Å². The third-order valence-electron chi connectivity index (χ3n) is 3.85. The summed E-state index contributed by atoms with van der Waals surface area (Å²) in [6, 6.07) is 11.7. The molecule has 0 aliphatic rings. The maximum Gasteiger partial charge on any atom is 0.198 e. The summed E-state index contributed by atoms with van der Waals surface area (Å²) in [6.07, 6.45) is 0. The lowest BCUT2D eigenvalue weighted by Gasteiger charge is -2.21. The van der Waals surface area contributed by atoms with Crippen molar-refractivity contribution >= 4 is 34.2 Å². The maximum atomic E-state index is 5.82. The lowest BCUT2D eigenvalue weighted by Crippen LogP contribution is -2.29. The van der Waals surface area contributed by atoms with Gasteiger partial charge in [0.15, 0.2) is 11.6 Å². The lowest BCUT2D eigenvalue weighted by molar-refractivity contribution is 0.246. The quantitative estimate of drug-likeness (QED) is 0.526. The molecule has 4 nitrogen and oxygen atoms in total. The Balaban J connectivity index is 0.000000242. The third-order valence-corrected chi connectivity index (χ3v) is 4.24. The molecule has 0 unspecified atom stereocenters. The molecule has 3 rings (SSSR count). The van der Waals surface area contributed by atoms with E-state index in [1.165, 1.54) is 19.2 Å². The standard InChI is InChI=1S/C12H6Cl2N2O.C7H17N/c13-10-6-11(14)16-12(15-10)9-5-7-3-1-2-4-8(7)17-9;1-5-8(6-2)7(3)4/h1-6H;7H,5-6H2,1-4H3. The molecule has 134 valence electrons. The molecule has 0 fully saturated rings. The number of hydrogen-bond acceptors (Lipinski definition) is 4. The minimum Gasteiger partial charge on any atom is -0.453 e. The smallest absolute Gasteiger partial charge is 0.198 e. The number of benzene rings is 1. The van der Waals surface area contributed by atoms with Crippen molar-refractivity contribution in [3.63, 3.8) is 0 Å². The molecule has 0 atom stereocenters. The molecule has 1 aromatic carbocycles. The molecule has 0 saturated heterocycles. The molecule has 6 heteroatoms.